The van der Waals surface area contributed by atoms with Gasteiger partial charge in [-0.2, -0.15) is 13.2 Å². The maximum atomic E-state index is 14.6. The summed E-state index contributed by atoms with van der Waals surface area (Å²) in [7, 11) is -3.39. The lowest BCUT2D eigenvalue weighted by molar-refractivity contribution is -0.201. The first-order chi connectivity index (χ1) is 16.7. The standard InChI is InChI=1S/C25H29F3N2O5S/c1-15(2)14-21(23(29)31)30(20-12-13-35-24(20)32)22(25(26,27)28)18-6-4-16(5-7-18)17-8-10-19(11-9-17)36(3,33)34/h4-11,15,20-22H,12-14H2,1-3H3,(H2,29,31)/t20?,21-,22-/m0/s1. The van der Waals surface area contributed by atoms with Crippen molar-refractivity contribution < 1.29 is 35.9 Å². The van der Waals surface area contributed by atoms with E-state index in [4.69, 9.17) is 10.5 Å². The number of primary amides is 1. The van der Waals surface area contributed by atoms with E-state index in [9.17, 15) is 31.2 Å². The Morgan fingerprint density at radius 2 is 1.61 bits per heavy atom. The van der Waals surface area contributed by atoms with Gasteiger partial charge in [0.05, 0.1) is 17.5 Å². The van der Waals surface area contributed by atoms with Crippen LogP contribution >= 0.6 is 0 Å². The van der Waals surface area contributed by atoms with Gasteiger partial charge in [0.15, 0.2) is 9.84 Å². The van der Waals surface area contributed by atoms with E-state index < -0.39 is 46.0 Å². The minimum absolute atomic E-state index is 0.0120. The van der Waals surface area contributed by atoms with Gasteiger partial charge in [-0.25, -0.2) is 8.42 Å². The van der Waals surface area contributed by atoms with Crippen molar-refractivity contribution in [3.05, 3.63) is 54.1 Å². The van der Waals surface area contributed by atoms with Gasteiger partial charge in [0.1, 0.15) is 12.1 Å². The van der Waals surface area contributed by atoms with Gasteiger partial charge in [0.25, 0.3) is 0 Å². The molecule has 3 rings (SSSR count). The van der Waals surface area contributed by atoms with Crippen LogP contribution in [0.25, 0.3) is 11.1 Å². The Labute approximate surface area is 208 Å². The molecule has 0 saturated carbocycles. The van der Waals surface area contributed by atoms with Crippen LogP contribution in [0, 0.1) is 5.92 Å². The molecule has 1 unspecified atom stereocenters. The first kappa shape index (κ1) is 27.7. The number of cyclic esters (lactones) is 1. The summed E-state index contributed by atoms with van der Waals surface area (Å²) in [6.07, 6.45) is -3.70. The number of ether oxygens (including phenoxy) is 1. The Bertz CT molecular complexity index is 1200. The first-order valence-corrected chi connectivity index (χ1v) is 13.3. The highest BCUT2D eigenvalue weighted by Gasteiger charge is 2.53. The zero-order valence-corrected chi connectivity index (χ0v) is 21.0. The normalized spacial score (nSPS) is 18.3. The molecule has 0 radical (unpaired) electrons. The Morgan fingerprint density at radius 1 is 1.08 bits per heavy atom. The minimum atomic E-state index is -4.83. The highest BCUT2D eigenvalue weighted by molar-refractivity contribution is 7.90. The molecular weight excluding hydrogens is 497 g/mol. The van der Waals surface area contributed by atoms with Gasteiger partial charge in [-0.15, -0.1) is 0 Å². The number of rotatable bonds is 9. The van der Waals surface area contributed by atoms with Gasteiger partial charge in [0, 0.05) is 12.7 Å². The Morgan fingerprint density at radius 3 is 2.00 bits per heavy atom. The monoisotopic (exact) mass is 526 g/mol. The number of benzene rings is 2. The molecule has 196 valence electrons. The summed E-state index contributed by atoms with van der Waals surface area (Å²) in [6.45, 7) is 3.47. The fraction of sp³-hybridized carbons (Fsp3) is 0.440. The lowest BCUT2D eigenvalue weighted by atomic mass is 9.93. The zero-order valence-electron chi connectivity index (χ0n) is 20.2. The first-order valence-electron chi connectivity index (χ1n) is 11.4. The number of esters is 1. The largest absolute Gasteiger partial charge is 0.464 e. The number of alkyl halides is 3. The van der Waals surface area contributed by atoms with Gasteiger partial charge < -0.3 is 10.5 Å². The molecule has 0 aromatic heterocycles. The van der Waals surface area contributed by atoms with Crippen LogP contribution in [0.5, 0.6) is 0 Å². The highest BCUT2D eigenvalue weighted by atomic mass is 32.2. The SMILES string of the molecule is CC(C)C[C@@H](C(N)=O)N(C1CCOC1=O)[C@@H](c1ccc(-c2ccc(S(C)(=O)=O)cc2)cc1)C(F)(F)F. The average Bonchev–Trinajstić information content (AvgIpc) is 3.20. The maximum absolute atomic E-state index is 14.6. The predicted octanol–water partition coefficient (Wildman–Crippen LogP) is 3.88. The summed E-state index contributed by atoms with van der Waals surface area (Å²) >= 11 is 0. The molecule has 1 aliphatic rings. The summed E-state index contributed by atoms with van der Waals surface area (Å²) < 4.78 is 72.0. The minimum Gasteiger partial charge on any atom is -0.464 e. The maximum Gasteiger partial charge on any atom is 0.408 e. The molecule has 36 heavy (non-hydrogen) atoms. The number of carbonyl (C=O) groups excluding carboxylic acids is 2. The molecule has 3 atom stereocenters. The molecule has 11 heteroatoms. The third-order valence-electron chi connectivity index (χ3n) is 6.10. The van der Waals surface area contributed by atoms with E-state index in [2.05, 4.69) is 0 Å². The van der Waals surface area contributed by atoms with Crippen LogP contribution in [0.4, 0.5) is 13.2 Å². The van der Waals surface area contributed by atoms with Crippen molar-refractivity contribution in [1.29, 1.82) is 0 Å². The topological polar surface area (TPSA) is 107 Å². The number of halogens is 3. The summed E-state index contributed by atoms with van der Waals surface area (Å²) in [5, 5.41) is 0. The highest BCUT2D eigenvalue weighted by Crippen LogP contribution is 2.42. The molecule has 1 aliphatic heterocycles. The molecule has 0 aliphatic carbocycles. The van der Waals surface area contributed by atoms with E-state index in [0.29, 0.717) is 11.1 Å². The molecule has 1 fully saturated rings. The van der Waals surface area contributed by atoms with E-state index in [-0.39, 0.29) is 35.8 Å². The molecule has 0 bridgehead atoms. The predicted molar refractivity (Wildman–Crippen MR) is 127 cm³/mol. The van der Waals surface area contributed by atoms with Crippen LogP contribution in [0.15, 0.2) is 53.4 Å². The number of hydrogen-bond acceptors (Lipinski definition) is 6. The van der Waals surface area contributed by atoms with Crippen LogP contribution in [0.3, 0.4) is 0 Å². The van der Waals surface area contributed by atoms with Crippen LogP contribution in [-0.2, 0) is 24.2 Å². The van der Waals surface area contributed by atoms with Crippen LogP contribution in [-0.4, -0.2) is 56.3 Å². The number of carbonyl (C=O) groups is 2. The smallest absolute Gasteiger partial charge is 0.408 e. The summed E-state index contributed by atoms with van der Waals surface area (Å²) in [5.74, 6) is -1.92. The van der Waals surface area contributed by atoms with Crippen molar-refractivity contribution in [2.45, 2.75) is 55.9 Å². The third kappa shape index (κ3) is 6.25. The lowest BCUT2D eigenvalue weighted by Crippen LogP contribution is -2.56. The lowest BCUT2D eigenvalue weighted by Gasteiger charge is -2.40. The van der Waals surface area contributed by atoms with E-state index in [1.54, 1.807) is 26.0 Å². The number of hydrogen-bond donors (Lipinski definition) is 1. The summed E-state index contributed by atoms with van der Waals surface area (Å²) in [4.78, 5) is 25.8. The van der Waals surface area contributed by atoms with Gasteiger partial charge in [-0.05, 0) is 41.2 Å². The molecule has 1 amide bonds. The number of amides is 1. The second kappa shape index (κ2) is 10.6. The van der Waals surface area contributed by atoms with Crippen molar-refractivity contribution >= 4 is 21.7 Å². The molecular formula is C25H29F3N2O5S. The van der Waals surface area contributed by atoms with Crippen molar-refractivity contribution in [1.82, 2.24) is 4.90 Å². The molecule has 7 nitrogen and oxygen atoms in total. The second-order valence-corrected chi connectivity index (χ2v) is 11.3. The average molecular weight is 527 g/mol. The van der Waals surface area contributed by atoms with Gasteiger partial charge in [-0.3, -0.25) is 14.5 Å². The molecule has 2 aromatic rings. The molecule has 2 aromatic carbocycles. The Hall–Kier alpha value is -2.92. The molecule has 1 heterocycles. The fourth-order valence-corrected chi connectivity index (χ4v) is 5.08. The second-order valence-electron chi connectivity index (χ2n) is 9.33. The quantitative estimate of drug-likeness (QED) is 0.497. The fourth-order valence-electron chi connectivity index (χ4n) is 4.45. The molecule has 2 N–H and O–H groups in total. The number of nitrogens with zero attached hydrogens (tertiary/aromatic N) is 1. The van der Waals surface area contributed by atoms with Crippen molar-refractivity contribution in [2.75, 3.05) is 12.9 Å². The van der Waals surface area contributed by atoms with Crippen LogP contribution in [0.1, 0.15) is 38.3 Å². The van der Waals surface area contributed by atoms with Crippen molar-refractivity contribution in [3.63, 3.8) is 0 Å². The van der Waals surface area contributed by atoms with E-state index in [1.807, 2.05) is 0 Å². The van der Waals surface area contributed by atoms with Gasteiger partial charge in [-0.1, -0.05) is 50.2 Å². The Balaban J connectivity index is 2.05. The number of sulfone groups is 1. The molecule has 1 saturated heterocycles. The Kier molecular flexibility index (Phi) is 8.14. The van der Waals surface area contributed by atoms with Crippen molar-refractivity contribution in [2.24, 2.45) is 11.7 Å². The molecule has 0 spiro atoms. The van der Waals surface area contributed by atoms with Gasteiger partial charge >= 0.3 is 12.1 Å². The third-order valence-corrected chi connectivity index (χ3v) is 7.23. The van der Waals surface area contributed by atoms with E-state index >= 15 is 0 Å². The zero-order chi connectivity index (χ0) is 26.8. The van der Waals surface area contributed by atoms with Crippen LogP contribution in [0.2, 0.25) is 0 Å². The van der Waals surface area contributed by atoms with Crippen LogP contribution < -0.4 is 5.73 Å². The summed E-state index contributed by atoms with van der Waals surface area (Å²) in [6, 6.07) is 6.65. The summed E-state index contributed by atoms with van der Waals surface area (Å²) in [5.41, 5.74) is 6.58. The van der Waals surface area contributed by atoms with Crippen molar-refractivity contribution in [3.8, 4) is 11.1 Å². The van der Waals surface area contributed by atoms with Gasteiger partial charge in [0.2, 0.25) is 5.91 Å². The number of nitrogens with two attached hydrogens (primary N) is 1. The van der Waals surface area contributed by atoms with E-state index in [1.165, 1.54) is 36.4 Å². The van der Waals surface area contributed by atoms with E-state index in [0.717, 1.165) is 11.2 Å².